The molecule has 0 spiro atoms. The molecule has 0 aromatic carbocycles. The minimum Gasteiger partial charge on any atom is -0.464 e. The van der Waals surface area contributed by atoms with E-state index in [2.05, 4.69) is 0 Å². The van der Waals surface area contributed by atoms with Crippen molar-refractivity contribution in [3.63, 3.8) is 0 Å². The Morgan fingerprint density at radius 3 is 2.56 bits per heavy atom. The molecule has 1 atom stereocenters. The maximum absolute atomic E-state index is 12.1. The van der Waals surface area contributed by atoms with Crippen LogP contribution in [0.1, 0.15) is 32.6 Å². The van der Waals surface area contributed by atoms with Gasteiger partial charge in [-0.05, 0) is 19.8 Å². The van der Waals surface area contributed by atoms with Gasteiger partial charge in [0.05, 0.1) is 13.2 Å². The Morgan fingerprint density at radius 2 is 2.06 bits per heavy atom. The summed E-state index contributed by atoms with van der Waals surface area (Å²) in [6, 6.07) is -1.19. The fraction of sp³-hybridized carbons (Fsp3) is 0.833. The van der Waals surface area contributed by atoms with E-state index in [1.54, 1.807) is 6.92 Å². The van der Waals surface area contributed by atoms with Crippen molar-refractivity contribution in [1.29, 1.82) is 0 Å². The topological polar surface area (TPSA) is 92.9 Å². The molecule has 1 unspecified atom stereocenters. The van der Waals surface area contributed by atoms with Crippen molar-refractivity contribution in [2.75, 3.05) is 19.8 Å². The molecular formula is C12H22N2O4. The lowest BCUT2D eigenvalue weighted by atomic mass is 10.1. The molecule has 0 aliphatic heterocycles. The Kier molecular flexibility index (Phi) is 6.07. The number of aliphatic hydroxyl groups is 1. The number of hydrogen-bond donors (Lipinski definition) is 2. The Bertz CT molecular complexity index is 290. The maximum Gasteiger partial charge on any atom is 0.332 e. The number of aliphatic hydroxyl groups excluding tert-OH is 1. The highest BCUT2D eigenvalue weighted by Crippen LogP contribution is 2.23. The van der Waals surface area contributed by atoms with Gasteiger partial charge in [0.2, 0.25) is 0 Å². The molecule has 0 saturated heterocycles. The van der Waals surface area contributed by atoms with Gasteiger partial charge in [-0.15, -0.1) is 0 Å². The van der Waals surface area contributed by atoms with E-state index in [1.165, 1.54) is 4.90 Å². The first-order valence-electron chi connectivity index (χ1n) is 6.45. The lowest BCUT2D eigenvalue weighted by Crippen LogP contribution is -2.52. The fourth-order valence-electron chi connectivity index (χ4n) is 2.31. The zero-order valence-corrected chi connectivity index (χ0v) is 10.8. The van der Waals surface area contributed by atoms with Crippen LogP contribution in [0.25, 0.3) is 0 Å². The van der Waals surface area contributed by atoms with Crippen LogP contribution in [-0.4, -0.2) is 53.7 Å². The summed E-state index contributed by atoms with van der Waals surface area (Å²) in [6.07, 6.45) is 3.94. The summed E-state index contributed by atoms with van der Waals surface area (Å²) in [5.41, 5.74) is 5.60. The van der Waals surface area contributed by atoms with Crippen molar-refractivity contribution >= 4 is 11.9 Å². The molecule has 1 aliphatic rings. The summed E-state index contributed by atoms with van der Waals surface area (Å²) in [5.74, 6) is -1.15. The summed E-state index contributed by atoms with van der Waals surface area (Å²) in [4.78, 5) is 25.1. The van der Waals surface area contributed by atoms with Crippen molar-refractivity contribution in [1.82, 2.24) is 4.90 Å². The van der Waals surface area contributed by atoms with Gasteiger partial charge in [0.15, 0.2) is 6.04 Å². The Labute approximate surface area is 107 Å². The van der Waals surface area contributed by atoms with Crippen molar-refractivity contribution in [3.8, 4) is 0 Å². The number of nitrogens with zero attached hydrogens (tertiary/aromatic N) is 1. The average Bonchev–Trinajstić information content (AvgIpc) is 2.88. The van der Waals surface area contributed by atoms with Gasteiger partial charge in [-0.3, -0.25) is 4.79 Å². The molecule has 1 rings (SSSR count). The lowest BCUT2D eigenvalue weighted by Gasteiger charge is -2.30. The highest BCUT2D eigenvalue weighted by atomic mass is 16.5. The first-order chi connectivity index (χ1) is 8.61. The van der Waals surface area contributed by atoms with Gasteiger partial charge in [0.1, 0.15) is 0 Å². The largest absolute Gasteiger partial charge is 0.464 e. The van der Waals surface area contributed by atoms with Crippen LogP contribution >= 0.6 is 0 Å². The Morgan fingerprint density at radius 1 is 1.44 bits per heavy atom. The van der Waals surface area contributed by atoms with Gasteiger partial charge in [-0.25, -0.2) is 4.79 Å². The van der Waals surface area contributed by atoms with Gasteiger partial charge in [0.25, 0.3) is 5.91 Å². The molecule has 0 radical (unpaired) electrons. The third-order valence-corrected chi connectivity index (χ3v) is 3.20. The van der Waals surface area contributed by atoms with Crippen LogP contribution in [0.5, 0.6) is 0 Å². The molecule has 6 heteroatoms. The Hall–Kier alpha value is -1.14. The SMILES string of the molecule is CCOC(=O)C(N)C(=O)N(CCO)C1CCCC1. The van der Waals surface area contributed by atoms with E-state index in [0.717, 1.165) is 25.7 Å². The van der Waals surface area contributed by atoms with E-state index in [-0.39, 0.29) is 25.8 Å². The fourth-order valence-corrected chi connectivity index (χ4v) is 2.31. The van der Waals surface area contributed by atoms with Gasteiger partial charge < -0.3 is 20.5 Å². The van der Waals surface area contributed by atoms with E-state index >= 15 is 0 Å². The molecule has 104 valence electrons. The van der Waals surface area contributed by atoms with Crippen molar-refractivity contribution in [2.24, 2.45) is 5.73 Å². The first kappa shape index (κ1) is 14.9. The molecule has 0 heterocycles. The minimum absolute atomic E-state index is 0.0881. The number of hydrogen-bond acceptors (Lipinski definition) is 5. The van der Waals surface area contributed by atoms with Crippen molar-refractivity contribution < 1.29 is 19.4 Å². The van der Waals surface area contributed by atoms with Crippen LogP contribution in [0.4, 0.5) is 0 Å². The third kappa shape index (κ3) is 3.68. The predicted molar refractivity (Wildman–Crippen MR) is 65.7 cm³/mol. The second-order valence-electron chi connectivity index (χ2n) is 4.42. The van der Waals surface area contributed by atoms with E-state index in [0.29, 0.717) is 0 Å². The summed E-state index contributed by atoms with van der Waals surface area (Å²) < 4.78 is 4.74. The van der Waals surface area contributed by atoms with Crippen molar-refractivity contribution in [2.45, 2.75) is 44.7 Å². The maximum atomic E-state index is 12.1. The van der Waals surface area contributed by atoms with E-state index in [1.807, 2.05) is 0 Å². The normalized spacial score (nSPS) is 17.5. The standard InChI is InChI=1S/C12H22N2O4/c1-2-18-12(17)10(13)11(16)14(7-8-15)9-5-3-4-6-9/h9-10,15H,2-8,13H2,1H3. The second kappa shape index (κ2) is 7.33. The van der Waals surface area contributed by atoms with E-state index in [4.69, 9.17) is 15.6 Å². The first-order valence-corrected chi connectivity index (χ1v) is 6.45. The minimum atomic E-state index is -1.28. The molecule has 0 bridgehead atoms. The van der Waals surface area contributed by atoms with Crippen LogP contribution in [0.15, 0.2) is 0 Å². The quantitative estimate of drug-likeness (QED) is 0.501. The molecule has 6 nitrogen and oxygen atoms in total. The molecule has 18 heavy (non-hydrogen) atoms. The van der Waals surface area contributed by atoms with Gasteiger partial charge in [-0.1, -0.05) is 12.8 Å². The third-order valence-electron chi connectivity index (χ3n) is 3.20. The molecule has 0 aromatic rings. The van der Waals surface area contributed by atoms with Gasteiger partial charge in [-0.2, -0.15) is 0 Å². The number of nitrogens with two attached hydrogens (primary N) is 1. The smallest absolute Gasteiger partial charge is 0.332 e. The zero-order chi connectivity index (χ0) is 13.5. The van der Waals surface area contributed by atoms with Crippen LogP contribution in [0.2, 0.25) is 0 Å². The molecule has 1 aliphatic carbocycles. The average molecular weight is 258 g/mol. The second-order valence-corrected chi connectivity index (χ2v) is 4.42. The number of ether oxygens (including phenoxy) is 1. The Balaban J connectivity index is 2.65. The molecule has 1 saturated carbocycles. The summed E-state index contributed by atoms with van der Waals surface area (Å²) >= 11 is 0. The summed E-state index contributed by atoms with van der Waals surface area (Å²) in [6.45, 7) is 1.95. The number of carbonyl (C=O) groups is 2. The molecule has 0 aromatic heterocycles. The zero-order valence-electron chi connectivity index (χ0n) is 10.8. The molecule has 1 fully saturated rings. The number of esters is 1. The molecule has 3 N–H and O–H groups in total. The highest BCUT2D eigenvalue weighted by Gasteiger charge is 2.33. The number of rotatable bonds is 6. The lowest BCUT2D eigenvalue weighted by molar-refractivity contribution is -0.152. The highest BCUT2D eigenvalue weighted by molar-refractivity contribution is 6.01. The van der Waals surface area contributed by atoms with Crippen LogP contribution in [-0.2, 0) is 14.3 Å². The summed E-state index contributed by atoms with van der Waals surface area (Å²) in [5, 5.41) is 9.02. The van der Waals surface area contributed by atoms with E-state index < -0.39 is 17.9 Å². The molecule has 1 amide bonds. The van der Waals surface area contributed by atoms with Crippen LogP contribution in [0, 0.1) is 0 Å². The van der Waals surface area contributed by atoms with Gasteiger partial charge >= 0.3 is 5.97 Å². The monoisotopic (exact) mass is 258 g/mol. The number of amides is 1. The summed E-state index contributed by atoms with van der Waals surface area (Å²) in [7, 11) is 0. The predicted octanol–water partition coefficient (Wildman–Crippen LogP) is -0.360. The molecular weight excluding hydrogens is 236 g/mol. The van der Waals surface area contributed by atoms with Gasteiger partial charge in [0, 0.05) is 12.6 Å². The van der Waals surface area contributed by atoms with Crippen LogP contribution < -0.4 is 5.73 Å². The number of carbonyl (C=O) groups excluding carboxylic acids is 2. The van der Waals surface area contributed by atoms with E-state index in [9.17, 15) is 9.59 Å². The van der Waals surface area contributed by atoms with Crippen LogP contribution in [0.3, 0.4) is 0 Å². The van der Waals surface area contributed by atoms with Crippen molar-refractivity contribution in [3.05, 3.63) is 0 Å².